The van der Waals surface area contributed by atoms with Gasteiger partial charge in [-0.1, -0.05) is 30.3 Å². The van der Waals surface area contributed by atoms with Gasteiger partial charge >= 0.3 is 0 Å². The molecule has 2 amide bonds. The molecule has 0 spiro atoms. The van der Waals surface area contributed by atoms with Crippen LogP contribution in [-0.2, 0) is 4.74 Å². The van der Waals surface area contributed by atoms with Gasteiger partial charge in [0, 0.05) is 42.9 Å². The quantitative estimate of drug-likeness (QED) is 0.402. The Morgan fingerprint density at radius 1 is 0.973 bits per heavy atom. The first-order valence-electron chi connectivity index (χ1n) is 12.6. The first-order chi connectivity index (χ1) is 18.2. The van der Waals surface area contributed by atoms with Gasteiger partial charge in [0.15, 0.2) is 5.76 Å². The smallest absolute Gasteiger partial charge is 0.289 e. The zero-order valence-electron chi connectivity index (χ0n) is 20.4. The lowest BCUT2D eigenvalue weighted by molar-refractivity contribution is 0.0683. The Labute approximate surface area is 218 Å². The Hall–Kier alpha value is -3.69. The number of amides is 2. The molecule has 4 heterocycles. The van der Waals surface area contributed by atoms with Crippen molar-refractivity contribution in [1.29, 1.82) is 0 Å². The SMILES string of the molecule is O=C(Nc1ccccc1N1CCOCC1)c1csc(C2CCN(C(=O)c3cc4ccccc4o3)CC2)n1. The Bertz CT molecular complexity index is 1380. The number of nitrogens with zero attached hydrogens (tertiary/aromatic N) is 3. The molecule has 2 aromatic carbocycles. The van der Waals surface area contributed by atoms with Gasteiger partial charge in [-0.05, 0) is 37.1 Å². The summed E-state index contributed by atoms with van der Waals surface area (Å²) >= 11 is 1.52. The van der Waals surface area contributed by atoms with Crippen molar-refractivity contribution in [2.45, 2.75) is 18.8 Å². The van der Waals surface area contributed by atoms with E-state index in [4.69, 9.17) is 9.15 Å². The molecular weight excluding hydrogens is 488 g/mol. The van der Waals surface area contributed by atoms with Crippen LogP contribution in [0, 0.1) is 0 Å². The van der Waals surface area contributed by atoms with Gasteiger partial charge in [0.1, 0.15) is 11.3 Å². The van der Waals surface area contributed by atoms with E-state index in [9.17, 15) is 9.59 Å². The lowest BCUT2D eigenvalue weighted by Gasteiger charge is -2.30. The minimum absolute atomic E-state index is 0.0761. The molecule has 2 saturated heterocycles. The summed E-state index contributed by atoms with van der Waals surface area (Å²) in [6.07, 6.45) is 1.61. The number of fused-ring (bicyclic) bond motifs is 1. The fourth-order valence-electron chi connectivity index (χ4n) is 5.00. The van der Waals surface area contributed by atoms with Crippen molar-refractivity contribution in [1.82, 2.24) is 9.88 Å². The number of piperidine rings is 1. The average molecular weight is 517 g/mol. The maximum atomic E-state index is 13.0. The van der Waals surface area contributed by atoms with E-state index in [-0.39, 0.29) is 17.7 Å². The number of morpholine rings is 1. The number of carbonyl (C=O) groups is 2. The van der Waals surface area contributed by atoms with Crippen molar-refractivity contribution < 1.29 is 18.7 Å². The van der Waals surface area contributed by atoms with E-state index >= 15 is 0 Å². The third kappa shape index (κ3) is 4.97. The predicted octanol–water partition coefficient (Wildman–Crippen LogP) is 5.00. The van der Waals surface area contributed by atoms with Gasteiger partial charge in [-0.3, -0.25) is 9.59 Å². The first kappa shape index (κ1) is 23.7. The molecule has 0 atom stereocenters. The monoisotopic (exact) mass is 516 g/mol. The molecule has 2 aliphatic rings. The minimum atomic E-state index is -0.208. The van der Waals surface area contributed by atoms with Crippen molar-refractivity contribution in [2.75, 3.05) is 49.6 Å². The van der Waals surface area contributed by atoms with Gasteiger partial charge in [-0.2, -0.15) is 0 Å². The van der Waals surface area contributed by atoms with E-state index in [1.807, 2.05) is 64.9 Å². The Kier molecular flexibility index (Phi) is 6.63. The predicted molar refractivity (Wildman–Crippen MR) is 144 cm³/mol. The third-order valence-electron chi connectivity index (χ3n) is 7.03. The molecule has 2 fully saturated rings. The number of nitrogens with one attached hydrogen (secondary N) is 1. The Morgan fingerprint density at radius 3 is 2.54 bits per heavy atom. The first-order valence-corrected chi connectivity index (χ1v) is 13.5. The summed E-state index contributed by atoms with van der Waals surface area (Å²) in [5, 5.41) is 6.76. The molecule has 0 unspecified atom stereocenters. The topological polar surface area (TPSA) is 87.9 Å². The number of benzene rings is 2. The number of hydrogen-bond acceptors (Lipinski definition) is 7. The highest BCUT2D eigenvalue weighted by atomic mass is 32.1. The zero-order valence-corrected chi connectivity index (χ0v) is 21.2. The lowest BCUT2D eigenvalue weighted by Crippen LogP contribution is -2.37. The second-order valence-electron chi connectivity index (χ2n) is 9.36. The molecule has 1 N–H and O–H groups in total. The molecule has 0 bridgehead atoms. The van der Waals surface area contributed by atoms with Crippen LogP contribution in [0.25, 0.3) is 11.0 Å². The van der Waals surface area contributed by atoms with Crippen molar-refractivity contribution >= 4 is 45.5 Å². The van der Waals surface area contributed by atoms with Gasteiger partial charge in [-0.15, -0.1) is 11.3 Å². The van der Waals surface area contributed by atoms with E-state index < -0.39 is 0 Å². The number of hydrogen-bond donors (Lipinski definition) is 1. The van der Waals surface area contributed by atoms with Crippen LogP contribution in [0.5, 0.6) is 0 Å². The molecule has 0 radical (unpaired) electrons. The van der Waals surface area contributed by atoms with Crippen LogP contribution in [0.15, 0.2) is 64.4 Å². The van der Waals surface area contributed by atoms with Crippen LogP contribution in [0.4, 0.5) is 11.4 Å². The molecule has 8 nitrogen and oxygen atoms in total. The summed E-state index contributed by atoms with van der Waals surface area (Å²) in [5.74, 6) is 0.325. The molecule has 2 aliphatic heterocycles. The molecule has 6 rings (SSSR count). The van der Waals surface area contributed by atoms with Crippen molar-refractivity contribution in [3.8, 4) is 0 Å². The van der Waals surface area contributed by atoms with Crippen LogP contribution in [-0.4, -0.2) is 61.1 Å². The van der Waals surface area contributed by atoms with Gasteiger partial charge in [0.2, 0.25) is 0 Å². The van der Waals surface area contributed by atoms with Crippen molar-refractivity contribution in [3.63, 3.8) is 0 Å². The van der Waals surface area contributed by atoms with Crippen molar-refractivity contribution in [3.05, 3.63) is 76.4 Å². The second kappa shape index (κ2) is 10.4. The van der Waals surface area contributed by atoms with E-state index in [1.165, 1.54) is 11.3 Å². The summed E-state index contributed by atoms with van der Waals surface area (Å²) in [6.45, 7) is 4.22. The van der Waals surface area contributed by atoms with E-state index in [0.29, 0.717) is 37.8 Å². The number of thiazole rings is 1. The van der Waals surface area contributed by atoms with E-state index in [0.717, 1.165) is 53.3 Å². The number of likely N-dealkylation sites (tertiary alicyclic amines) is 1. The number of aromatic nitrogens is 1. The molecule has 190 valence electrons. The fourth-order valence-corrected chi connectivity index (χ4v) is 5.97. The molecule has 0 saturated carbocycles. The lowest BCUT2D eigenvalue weighted by atomic mass is 9.97. The number of carbonyl (C=O) groups excluding carboxylic acids is 2. The number of rotatable bonds is 5. The summed E-state index contributed by atoms with van der Waals surface area (Å²) in [5.41, 5.74) is 2.93. The van der Waals surface area contributed by atoms with E-state index in [2.05, 4.69) is 15.2 Å². The average Bonchev–Trinajstić information content (AvgIpc) is 3.62. The zero-order chi connectivity index (χ0) is 25.2. The van der Waals surface area contributed by atoms with Gasteiger partial charge in [0.25, 0.3) is 11.8 Å². The molecule has 2 aromatic heterocycles. The van der Waals surface area contributed by atoms with Crippen LogP contribution < -0.4 is 10.2 Å². The summed E-state index contributed by atoms with van der Waals surface area (Å²) in [4.78, 5) is 34.8. The maximum Gasteiger partial charge on any atom is 0.289 e. The number of ether oxygens (including phenoxy) is 1. The number of anilines is 2. The fraction of sp³-hybridized carbons (Fsp3) is 0.321. The van der Waals surface area contributed by atoms with Crippen LogP contribution >= 0.6 is 11.3 Å². The highest BCUT2D eigenvalue weighted by Crippen LogP contribution is 2.32. The summed E-state index contributed by atoms with van der Waals surface area (Å²) in [7, 11) is 0. The summed E-state index contributed by atoms with van der Waals surface area (Å²) in [6, 6.07) is 17.3. The Morgan fingerprint density at radius 2 is 1.73 bits per heavy atom. The Balaban J connectivity index is 1.08. The van der Waals surface area contributed by atoms with Gasteiger partial charge in [0.05, 0.1) is 29.6 Å². The number of para-hydroxylation sites is 3. The van der Waals surface area contributed by atoms with Crippen molar-refractivity contribution in [2.24, 2.45) is 0 Å². The number of furan rings is 1. The third-order valence-corrected chi connectivity index (χ3v) is 8.03. The minimum Gasteiger partial charge on any atom is -0.451 e. The van der Waals surface area contributed by atoms with E-state index in [1.54, 1.807) is 0 Å². The van der Waals surface area contributed by atoms with Crippen LogP contribution in [0.2, 0.25) is 0 Å². The highest BCUT2D eigenvalue weighted by Gasteiger charge is 2.28. The second-order valence-corrected chi connectivity index (χ2v) is 10.2. The maximum absolute atomic E-state index is 13.0. The van der Waals surface area contributed by atoms with Crippen LogP contribution in [0.1, 0.15) is 44.8 Å². The van der Waals surface area contributed by atoms with Gasteiger partial charge in [-0.25, -0.2) is 4.98 Å². The normalized spacial score (nSPS) is 16.8. The molecule has 4 aromatic rings. The summed E-state index contributed by atoms with van der Waals surface area (Å²) < 4.78 is 11.2. The molecular formula is C28H28N4O4S. The van der Waals surface area contributed by atoms with Crippen LogP contribution in [0.3, 0.4) is 0 Å². The molecule has 9 heteroatoms. The molecule has 0 aliphatic carbocycles. The molecule has 37 heavy (non-hydrogen) atoms. The largest absolute Gasteiger partial charge is 0.451 e. The highest BCUT2D eigenvalue weighted by molar-refractivity contribution is 7.10. The van der Waals surface area contributed by atoms with Gasteiger partial charge < -0.3 is 24.3 Å². The standard InChI is InChI=1S/C28H28N4O4S/c33-26(29-21-6-2-3-7-23(21)31-13-15-35-16-14-31)22-18-37-27(30-22)19-9-11-32(12-10-19)28(34)25-17-20-5-1-4-8-24(20)36-25/h1-8,17-19H,9-16H2,(H,29,33).